The highest BCUT2D eigenvalue weighted by Crippen LogP contribution is 2.13. The minimum atomic E-state index is -0.397. The van der Waals surface area contributed by atoms with Crippen molar-refractivity contribution in [1.29, 1.82) is 0 Å². The third kappa shape index (κ3) is 2.98. The molecule has 0 saturated heterocycles. The maximum absolute atomic E-state index is 10.8. The van der Waals surface area contributed by atoms with Gasteiger partial charge in [0.05, 0.1) is 0 Å². The van der Waals surface area contributed by atoms with E-state index in [1.54, 1.807) is 12.1 Å². The van der Waals surface area contributed by atoms with Gasteiger partial charge in [0.25, 0.3) is 0 Å². The monoisotopic (exact) mass is 238 g/mol. The van der Waals surface area contributed by atoms with Crippen LogP contribution in [-0.2, 0) is 0 Å². The molecular formula is C15H14N2O. The Bertz CT molecular complexity index is 602. The molecule has 0 unspecified atom stereocenters. The first kappa shape index (κ1) is 11.9. The van der Waals surface area contributed by atoms with Crippen molar-refractivity contribution < 1.29 is 4.79 Å². The van der Waals surface area contributed by atoms with Gasteiger partial charge in [0, 0.05) is 17.3 Å². The number of aromatic amines is 1. The summed E-state index contributed by atoms with van der Waals surface area (Å²) in [6.45, 7) is 0. The Hall–Kier alpha value is -2.55. The molecule has 2 aromatic carbocycles. The largest absolute Gasteiger partial charge is 0.366 e. The third-order valence-electron chi connectivity index (χ3n) is 2.51. The predicted molar refractivity (Wildman–Crippen MR) is 73.3 cm³/mol. The van der Waals surface area contributed by atoms with E-state index in [0.717, 1.165) is 10.9 Å². The molecular weight excluding hydrogens is 224 g/mol. The molecule has 0 aliphatic rings. The lowest BCUT2D eigenvalue weighted by Gasteiger charge is -1.94. The molecule has 0 fully saturated rings. The average molecular weight is 238 g/mol. The summed E-state index contributed by atoms with van der Waals surface area (Å²) >= 11 is 0. The highest BCUT2D eigenvalue weighted by atomic mass is 16.1. The summed E-state index contributed by atoms with van der Waals surface area (Å²) < 4.78 is 0. The standard InChI is InChI=1S/C9H8N2O.C6H6/c10-9(12)7-2-1-6-3-4-11-8(6)5-7;1-2-4-6-5-3-1/h1-5,11H,(H2,10,12);1-6H. The molecule has 90 valence electrons. The lowest BCUT2D eigenvalue weighted by Crippen LogP contribution is -2.10. The number of carbonyl (C=O) groups is 1. The zero-order chi connectivity index (χ0) is 12.8. The van der Waals surface area contributed by atoms with Crippen molar-refractivity contribution in [2.24, 2.45) is 5.73 Å². The molecule has 3 rings (SSSR count). The Balaban J connectivity index is 0.000000169. The predicted octanol–water partition coefficient (Wildman–Crippen LogP) is 2.95. The minimum Gasteiger partial charge on any atom is -0.366 e. The van der Waals surface area contributed by atoms with Gasteiger partial charge in [-0.2, -0.15) is 0 Å². The van der Waals surface area contributed by atoms with E-state index < -0.39 is 5.91 Å². The number of amides is 1. The van der Waals surface area contributed by atoms with Gasteiger partial charge in [-0.15, -0.1) is 0 Å². The summed E-state index contributed by atoms with van der Waals surface area (Å²) in [4.78, 5) is 13.8. The Morgan fingerprint density at radius 2 is 1.56 bits per heavy atom. The summed E-state index contributed by atoms with van der Waals surface area (Å²) in [7, 11) is 0. The number of H-pyrrole nitrogens is 1. The quantitative estimate of drug-likeness (QED) is 0.672. The van der Waals surface area contributed by atoms with Crippen LogP contribution in [0.5, 0.6) is 0 Å². The molecule has 0 saturated carbocycles. The molecule has 0 atom stereocenters. The van der Waals surface area contributed by atoms with Crippen molar-refractivity contribution >= 4 is 16.8 Å². The van der Waals surface area contributed by atoms with Gasteiger partial charge in [-0.25, -0.2) is 0 Å². The molecule has 1 amide bonds. The topological polar surface area (TPSA) is 58.9 Å². The summed E-state index contributed by atoms with van der Waals surface area (Å²) in [5, 5.41) is 1.08. The molecule has 0 bridgehead atoms. The molecule has 3 N–H and O–H groups in total. The van der Waals surface area contributed by atoms with Crippen molar-refractivity contribution in [2.75, 3.05) is 0 Å². The van der Waals surface area contributed by atoms with E-state index in [9.17, 15) is 4.79 Å². The number of carbonyl (C=O) groups excluding carboxylic acids is 1. The van der Waals surface area contributed by atoms with Crippen LogP contribution in [0.25, 0.3) is 10.9 Å². The van der Waals surface area contributed by atoms with E-state index >= 15 is 0 Å². The van der Waals surface area contributed by atoms with Gasteiger partial charge < -0.3 is 10.7 Å². The summed E-state index contributed by atoms with van der Waals surface area (Å²) in [6.07, 6.45) is 1.83. The maximum atomic E-state index is 10.8. The van der Waals surface area contributed by atoms with Crippen molar-refractivity contribution in [3.63, 3.8) is 0 Å². The number of nitrogens with one attached hydrogen (secondary N) is 1. The van der Waals surface area contributed by atoms with Crippen LogP contribution < -0.4 is 5.73 Å². The number of hydrogen-bond acceptors (Lipinski definition) is 1. The molecule has 0 radical (unpaired) electrons. The molecule has 3 nitrogen and oxygen atoms in total. The first-order chi connectivity index (χ1) is 8.77. The van der Waals surface area contributed by atoms with E-state index in [1.807, 2.05) is 54.7 Å². The molecule has 1 heterocycles. The number of benzene rings is 2. The van der Waals surface area contributed by atoms with Gasteiger partial charge in [-0.1, -0.05) is 42.5 Å². The summed E-state index contributed by atoms with van der Waals surface area (Å²) in [5.74, 6) is -0.397. The lowest BCUT2D eigenvalue weighted by molar-refractivity contribution is 0.100. The van der Waals surface area contributed by atoms with Crippen molar-refractivity contribution in [3.05, 3.63) is 72.4 Å². The van der Waals surface area contributed by atoms with Crippen LogP contribution in [0.3, 0.4) is 0 Å². The Kier molecular flexibility index (Phi) is 3.76. The summed E-state index contributed by atoms with van der Waals surface area (Å²) in [6, 6.07) is 19.3. The zero-order valence-electron chi connectivity index (χ0n) is 9.84. The second-order valence-corrected chi connectivity index (χ2v) is 3.80. The Morgan fingerprint density at radius 1 is 0.944 bits per heavy atom. The van der Waals surface area contributed by atoms with Crippen LogP contribution in [0.4, 0.5) is 0 Å². The molecule has 0 aliphatic heterocycles. The molecule has 0 spiro atoms. The third-order valence-corrected chi connectivity index (χ3v) is 2.51. The highest BCUT2D eigenvalue weighted by Gasteiger charge is 2.00. The van der Waals surface area contributed by atoms with E-state index in [2.05, 4.69) is 4.98 Å². The first-order valence-electron chi connectivity index (χ1n) is 5.64. The molecule has 3 heteroatoms. The number of rotatable bonds is 1. The Labute approximate surface area is 105 Å². The first-order valence-corrected chi connectivity index (χ1v) is 5.64. The number of hydrogen-bond donors (Lipinski definition) is 2. The van der Waals surface area contributed by atoms with Gasteiger partial charge in [-0.05, 0) is 23.6 Å². The van der Waals surface area contributed by atoms with Crippen molar-refractivity contribution in [2.45, 2.75) is 0 Å². The van der Waals surface area contributed by atoms with Gasteiger partial charge in [0.1, 0.15) is 0 Å². The summed E-state index contributed by atoms with van der Waals surface area (Å²) in [5.41, 5.74) is 6.59. The Morgan fingerprint density at radius 3 is 2.11 bits per heavy atom. The number of aromatic nitrogens is 1. The van der Waals surface area contributed by atoms with Crippen LogP contribution in [0.15, 0.2) is 66.9 Å². The van der Waals surface area contributed by atoms with Gasteiger partial charge in [-0.3, -0.25) is 4.79 Å². The van der Waals surface area contributed by atoms with E-state index in [1.165, 1.54) is 0 Å². The smallest absolute Gasteiger partial charge is 0.248 e. The highest BCUT2D eigenvalue weighted by molar-refractivity contribution is 5.96. The van der Waals surface area contributed by atoms with E-state index in [4.69, 9.17) is 5.73 Å². The van der Waals surface area contributed by atoms with Crippen molar-refractivity contribution in [1.82, 2.24) is 4.98 Å². The van der Waals surface area contributed by atoms with Gasteiger partial charge in [0.2, 0.25) is 5.91 Å². The molecule has 1 aromatic heterocycles. The van der Waals surface area contributed by atoms with Crippen LogP contribution in [0.1, 0.15) is 10.4 Å². The normalized spacial score (nSPS) is 9.56. The fourth-order valence-electron chi connectivity index (χ4n) is 1.59. The number of fused-ring (bicyclic) bond motifs is 1. The minimum absolute atomic E-state index is 0.397. The van der Waals surface area contributed by atoms with Crippen LogP contribution in [0, 0.1) is 0 Å². The number of nitrogens with two attached hydrogens (primary N) is 1. The van der Waals surface area contributed by atoms with Crippen LogP contribution in [0.2, 0.25) is 0 Å². The second kappa shape index (κ2) is 5.68. The van der Waals surface area contributed by atoms with Gasteiger partial charge >= 0.3 is 0 Å². The molecule has 3 aromatic rings. The van der Waals surface area contributed by atoms with Gasteiger partial charge in [0.15, 0.2) is 0 Å². The molecule has 0 aliphatic carbocycles. The average Bonchev–Trinajstić information content (AvgIpc) is 2.88. The van der Waals surface area contributed by atoms with Crippen LogP contribution >= 0.6 is 0 Å². The second-order valence-electron chi connectivity index (χ2n) is 3.80. The molecule has 18 heavy (non-hydrogen) atoms. The van der Waals surface area contributed by atoms with E-state index in [-0.39, 0.29) is 0 Å². The number of primary amides is 1. The SMILES string of the molecule is NC(=O)c1ccc2cc[nH]c2c1.c1ccccc1. The van der Waals surface area contributed by atoms with Crippen molar-refractivity contribution in [3.8, 4) is 0 Å². The van der Waals surface area contributed by atoms with Crippen LogP contribution in [-0.4, -0.2) is 10.9 Å². The van der Waals surface area contributed by atoms with E-state index in [0.29, 0.717) is 5.56 Å². The lowest BCUT2D eigenvalue weighted by atomic mass is 10.1. The zero-order valence-corrected chi connectivity index (χ0v) is 9.84. The fraction of sp³-hybridized carbons (Fsp3) is 0. The fourth-order valence-corrected chi connectivity index (χ4v) is 1.59. The maximum Gasteiger partial charge on any atom is 0.248 e.